The summed E-state index contributed by atoms with van der Waals surface area (Å²) < 4.78 is 11.6. The van der Waals surface area contributed by atoms with Gasteiger partial charge in [-0.2, -0.15) is 0 Å². The van der Waals surface area contributed by atoms with Crippen LogP contribution < -0.4 is 20.5 Å². The number of hydrogen-bond donors (Lipinski definition) is 2. The molecule has 0 aliphatic rings. The zero-order valence-electron chi connectivity index (χ0n) is 12.3. The van der Waals surface area contributed by atoms with Gasteiger partial charge in [0.1, 0.15) is 0 Å². The van der Waals surface area contributed by atoms with Crippen molar-refractivity contribution in [1.29, 1.82) is 0 Å². The molecule has 0 fully saturated rings. The Morgan fingerprint density at radius 1 is 1.30 bits per heavy atom. The van der Waals surface area contributed by atoms with E-state index in [1.807, 2.05) is 25.1 Å². The van der Waals surface area contributed by atoms with Gasteiger partial charge in [-0.1, -0.05) is 28.1 Å². The van der Waals surface area contributed by atoms with Crippen LogP contribution in [0.15, 0.2) is 28.8 Å². The molecular weight excluding hydrogens is 320 g/mol. The lowest BCUT2D eigenvalue weighted by Crippen LogP contribution is -2.29. The third-order valence-corrected chi connectivity index (χ3v) is 3.74. The van der Waals surface area contributed by atoms with Crippen molar-refractivity contribution < 1.29 is 9.47 Å². The molecule has 1 unspecified atom stereocenters. The van der Waals surface area contributed by atoms with Crippen molar-refractivity contribution in [2.24, 2.45) is 5.73 Å². The smallest absolute Gasteiger partial charge is 0.161 e. The predicted molar refractivity (Wildman–Crippen MR) is 86.5 cm³/mol. The molecule has 5 heteroatoms. The fourth-order valence-electron chi connectivity index (χ4n) is 1.96. The summed E-state index contributed by atoms with van der Waals surface area (Å²) in [5.74, 6) is 1.41. The van der Waals surface area contributed by atoms with E-state index in [4.69, 9.17) is 15.2 Å². The Balaban J connectivity index is 2.90. The molecule has 0 radical (unpaired) electrons. The van der Waals surface area contributed by atoms with Crippen molar-refractivity contribution in [3.63, 3.8) is 0 Å². The van der Waals surface area contributed by atoms with Crippen LogP contribution in [-0.4, -0.2) is 27.3 Å². The van der Waals surface area contributed by atoms with Crippen LogP contribution in [-0.2, 0) is 0 Å². The van der Waals surface area contributed by atoms with Crippen molar-refractivity contribution in [2.75, 3.05) is 27.3 Å². The van der Waals surface area contributed by atoms with E-state index < -0.39 is 0 Å². The van der Waals surface area contributed by atoms with E-state index in [1.165, 1.54) is 0 Å². The summed E-state index contributed by atoms with van der Waals surface area (Å²) in [7, 11) is 3.26. The van der Waals surface area contributed by atoms with E-state index in [1.54, 1.807) is 14.2 Å². The highest BCUT2D eigenvalue weighted by Gasteiger charge is 2.16. The molecule has 1 aromatic rings. The second-order valence-corrected chi connectivity index (χ2v) is 5.18. The van der Waals surface area contributed by atoms with Gasteiger partial charge >= 0.3 is 0 Å². The maximum Gasteiger partial charge on any atom is 0.161 e. The van der Waals surface area contributed by atoms with Gasteiger partial charge in [-0.3, -0.25) is 0 Å². The van der Waals surface area contributed by atoms with E-state index in [0.29, 0.717) is 18.0 Å². The molecule has 3 N–H and O–H groups in total. The Morgan fingerprint density at radius 2 is 1.95 bits per heavy atom. The zero-order valence-corrected chi connectivity index (χ0v) is 13.9. The number of rotatable bonds is 8. The lowest BCUT2D eigenvalue weighted by Gasteiger charge is -2.20. The summed E-state index contributed by atoms with van der Waals surface area (Å²) in [4.78, 5) is 0. The summed E-state index contributed by atoms with van der Waals surface area (Å²) in [5.41, 5.74) is 6.95. The van der Waals surface area contributed by atoms with Crippen molar-refractivity contribution in [1.82, 2.24) is 5.32 Å². The molecule has 0 saturated heterocycles. The summed E-state index contributed by atoms with van der Waals surface area (Å²) in [6.45, 7) is 3.42. The minimum atomic E-state index is 0.0782. The average molecular weight is 343 g/mol. The standard InChI is InChI=1S/C15H23BrN2O2/c1-4-5-6-7-18-13(10-17)11-8-14(19-2)15(20-3)9-12(11)16/h4-5,8-9,13,18H,6-7,10,17H2,1-3H3/b5-4+. The van der Waals surface area contributed by atoms with Crippen molar-refractivity contribution >= 4 is 15.9 Å². The molecule has 0 aromatic heterocycles. The van der Waals surface area contributed by atoms with Crippen LogP contribution in [0.3, 0.4) is 0 Å². The molecule has 0 amide bonds. The van der Waals surface area contributed by atoms with Crippen molar-refractivity contribution in [2.45, 2.75) is 19.4 Å². The van der Waals surface area contributed by atoms with E-state index in [0.717, 1.165) is 23.0 Å². The van der Waals surface area contributed by atoms with Gasteiger partial charge in [-0.25, -0.2) is 0 Å². The Hall–Kier alpha value is -1.04. The number of benzene rings is 1. The SMILES string of the molecule is C/C=C/CCNC(CN)c1cc(OC)c(OC)cc1Br. The topological polar surface area (TPSA) is 56.5 Å². The summed E-state index contributed by atoms with van der Waals surface area (Å²) >= 11 is 3.57. The van der Waals surface area contributed by atoms with Gasteiger partial charge in [0.25, 0.3) is 0 Å². The second kappa shape index (κ2) is 9.00. The fraction of sp³-hybridized carbons (Fsp3) is 0.467. The number of ether oxygens (including phenoxy) is 2. The highest BCUT2D eigenvalue weighted by Crippen LogP contribution is 2.35. The van der Waals surface area contributed by atoms with Crippen LogP contribution in [0.1, 0.15) is 24.9 Å². The van der Waals surface area contributed by atoms with Gasteiger partial charge in [0, 0.05) is 17.1 Å². The monoisotopic (exact) mass is 342 g/mol. The minimum Gasteiger partial charge on any atom is -0.493 e. The van der Waals surface area contributed by atoms with Crippen LogP contribution in [0, 0.1) is 0 Å². The van der Waals surface area contributed by atoms with Crippen LogP contribution in [0.25, 0.3) is 0 Å². The molecule has 1 atom stereocenters. The Morgan fingerprint density at radius 3 is 2.50 bits per heavy atom. The van der Waals surface area contributed by atoms with Gasteiger partial charge in [0.15, 0.2) is 11.5 Å². The predicted octanol–water partition coefficient (Wildman–Crippen LogP) is 3.02. The number of allylic oxidation sites excluding steroid dienone is 1. The van der Waals surface area contributed by atoms with Gasteiger partial charge in [0.2, 0.25) is 0 Å². The van der Waals surface area contributed by atoms with Crippen LogP contribution in [0.4, 0.5) is 0 Å². The molecular formula is C15H23BrN2O2. The van der Waals surface area contributed by atoms with Crippen molar-refractivity contribution in [3.8, 4) is 11.5 Å². The van der Waals surface area contributed by atoms with Crippen molar-refractivity contribution in [3.05, 3.63) is 34.3 Å². The molecule has 0 spiro atoms. The largest absolute Gasteiger partial charge is 0.493 e. The number of nitrogens with two attached hydrogens (primary N) is 1. The van der Waals surface area contributed by atoms with E-state index in [2.05, 4.69) is 27.3 Å². The number of methoxy groups -OCH3 is 2. The Labute approximate surface area is 129 Å². The van der Waals surface area contributed by atoms with E-state index in [9.17, 15) is 0 Å². The Bertz CT molecular complexity index is 450. The number of hydrogen-bond acceptors (Lipinski definition) is 4. The quantitative estimate of drug-likeness (QED) is 0.563. The molecule has 0 bridgehead atoms. The van der Waals surface area contributed by atoms with Gasteiger partial charge in [-0.15, -0.1) is 0 Å². The highest BCUT2D eigenvalue weighted by molar-refractivity contribution is 9.10. The highest BCUT2D eigenvalue weighted by atomic mass is 79.9. The molecule has 0 aliphatic carbocycles. The molecule has 0 aliphatic heterocycles. The number of halogens is 1. The zero-order chi connectivity index (χ0) is 15.0. The first-order valence-electron chi connectivity index (χ1n) is 6.63. The maximum atomic E-state index is 5.88. The van der Waals surface area contributed by atoms with Gasteiger partial charge < -0.3 is 20.5 Å². The Kier molecular flexibility index (Phi) is 7.65. The van der Waals surface area contributed by atoms with E-state index >= 15 is 0 Å². The third kappa shape index (κ3) is 4.51. The molecule has 4 nitrogen and oxygen atoms in total. The molecule has 0 saturated carbocycles. The molecule has 20 heavy (non-hydrogen) atoms. The molecule has 112 valence electrons. The summed E-state index contributed by atoms with van der Waals surface area (Å²) in [6, 6.07) is 3.95. The second-order valence-electron chi connectivity index (χ2n) is 4.33. The summed E-state index contributed by atoms with van der Waals surface area (Å²) in [5, 5.41) is 3.45. The molecule has 1 rings (SSSR count). The average Bonchev–Trinajstić information content (AvgIpc) is 2.47. The van der Waals surface area contributed by atoms with Crippen LogP contribution >= 0.6 is 15.9 Å². The molecule has 1 aromatic carbocycles. The third-order valence-electron chi connectivity index (χ3n) is 3.05. The van der Waals surface area contributed by atoms with Gasteiger partial charge in [0.05, 0.1) is 14.2 Å². The van der Waals surface area contributed by atoms with Crippen LogP contribution in [0.5, 0.6) is 11.5 Å². The molecule has 0 heterocycles. The lowest BCUT2D eigenvalue weighted by atomic mass is 10.1. The normalized spacial score (nSPS) is 12.7. The lowest BCUT2D eigenvalue weighted by molar-refractivity contribution is 0.353. The number of nitrogens with one attached hydrogen (secondary N) is 1. The first kappa shape index (κ1) is 17.0. The minimum absolute atomic E-state index is 0.0782. The van der Waals surface area contributed by atoms with Crippen LogP contribution in [0.2, 0.25) is 0 Å². The summed E-state index contributed by atoms with van der Waals surface area (Å²) in [6.07, 6.45) is 5.16. The first-order valence-corrected chi connectivity index (χ1v) is 7.43. The fourth-order valence-corrected chi connectivity index (χ4v) is 2.56. The maximum absolute atomic E-state index is 5.88. The van der Waals surface area contributed by atoms with Gasteiger partial charge in [-0.05, 0) is 37.6 Å². The van der Waals surface area contributed by atoms with E-state index in [-0.39, 0.29) is 6.04 Å². The first-order chi connectivity index (χ1) is 9.67.